The van der Waals surface area contributed by atoms with Gasteiger partial charge in [0.15, 0.2) is 0 Å². The molecule has 1 rings (SSSR count). The molecule has 19 heavy (non-hydrogen) atoms. The van der Waals surface area contributed by atoms with Gasteiger partial charge in [-0.1, -0.05) is 0 Å². The third-order valence-electron chi connectivity index (χ3n) is 3.25. The maximum Gasteiger partial charge on any atom is 0.294 e. The lowest BCUT2D eigenvalue weighted by molar-refractivity contribution is -0.769. The molecule has 1 unspecified atom stereocenters. The molecule has 1 fully saturated rings. The molecule has 2 N–H and O–H groups in total. The Kier molecular flexibility index (Phi) is 6.93. The van der Waals surface area contributed by atoms with Crippen LogP contribution < -0.4 is 10.6 Å². The zero-order valence-electron chi connectivity index (χ0n) is 11.3. The van der Waals surface area contributed by atoms with E-state index in [1.54, 1.807) is 18.8 Å². The van der Waals surface area contributed by atoms with Gasteiger partial charge in [0.2, 0.25) is 5.91 Å². The van der Waals surface area contributed by atoms with Crippen LogP contribution in [0.15, 0.2) is 0 Å². The standard InChI is InChI=1S/C11H21N3O4S/c1-12-10(7-19-2)11(15)13-8-3-5-9(6-4-8)18-14(16)17/h8-10,12H,3-7H2,1-2H3,(H,13,15)/t8-,9-,10?. The number of nitrogens with zero attached hydrogens (tertiary/aromatic N) is 1. The van der Waals surface area contributed by atoms with Gasteiger partial charge in [0.1, 0.15) is 6.10 Å². The Morgan fingerprint density at radius 2 is 2.11 bits per heavy atom. The summed E-state index contributed by atoms with van der Waals surface area (Å²) in [7, 11) is 1.77. The van der Waals surface area contributed by atoms with Gasteiger partial charge in [-0.05, 0) is 39.0 Å². The molecule has 110 valence electrons. The Morgan fingerprint density at radius 3 is 2.58 bits per heavy atom. The van der Waals surface area contributed by atoms with Gasteiger partial charge in [-0.3, -0.25) is 4.79 Å². The lowest BCUT2D eigenvalue weighted by Gasteiger charge is -2.29. The number of rotatable bonds is 7. The van der Waals surface area contributed by atoms with E-state index in [1.165, 1.54) is 0 Å². The first-order chi connectivity index (χ1) is 9.06. The number of hydrogen-bond donors (Lipinski definition) is 2. The number of carbonyl (C=O) groups is 1. The number of thioether (sulfide) groups is 1. The number of carbonyl (C=O) groups excluding carboxylic acids is 1. The largest absolute Gasteiger partial charge is 0.352 e. The minimum absolute atomic E-state index is 0.00417. The minimum Gasteiger partial charge on any atom is -0.352 e. The molecule has 1 saturated carbocycles. The van der Waals surface area contributed by atoms with E-state index in [-0.39, 0.29) is 24.1 Å². The molecule has 0 aliphatic heterocycles. The quantitative estimate of drug-likeness (QED) is 0.526. The molecule has 8 heteroatoms. The number of likely N-dealkylation sites (N-methyl/N-ethyl adjacent to an activating group) is 1. The first-order valence-corrected chi connectivity index (χ1v) is 7.74. The van der Waals surface area contributed by atoms with Gasteiger partial charge in [0, 0.05) is 11.8 Å². The van der Waals surface area contributed by atoms with Crippen LogP contribution >= 0.6 is 11.8 Å². The van der Waals surface area contributed by atoms with E-state index in [0.29, 0.717) is 12.8 Å². The topological polar surface area (TPSA) is 93.5 Å². The van der Waals surface area contributed by atoms with Crippen LogP contribution in [0.25, 0.3) is 0 Å². The summed E-state index contributed by atoms with van der Waals surface area (Å²) in [6, 6.07) is -0.0976. The molecular weight excluding hydrogens is 270 g/mol. The van der Waals surface area contributed by atoms with Crippen molar-refractivity contribution in [1.29, 1.82) is 0 Å². The van der Waals surface area contributed by atoms with Crippen molar-refractivity contribution in [3.63, 3.8) is 0 Å². The Hall–Kier alpha value is -1.02. The molecule has 1 aliphatic carbocycles. The Balaban J connectivity index is 2.31. The first-order valence-electron chi connectivity index (χ1n) is 6.34. The summed E-state index contributed by atoms with van der Waals surface area (Å²) in [6.45, 7) is 0. The fourth-order valence-corrected chi connectivity index (χ4v) is 2.84. The van der Waals surface area contributed by atoms with Gasteiger partial charge in [0.05, 0.1) is 6.04 Å². The van der Waals surface area contributed by atoms with E-state index in [1.807, 2.05) is 6.26 Å². The van der Waals surface area contributed by atoms with Gasteiger partial charge in [-0.25, -0.2) is 0 Å². The summed E-state index contributed by atoms with van der Waals surface area (Å²) in [4.78, 5) is 26.7. The summed E-state index contributed by atoms with van der Waals surface area (Å²) in [6.07, 6.45) is 4.30. The highest BCUT2D eigenvalue weighted by atomic mass is 32.2. The van der Waals surface area contributed by atoms with Crippen LogP contribution in [0.3, 0.4) is 0 Å². The average Bonchev–Trinajstić information content (AvgIpc) is 2.37. The van der Waals surface area contributed by atoms with E-state index >= 15 is 0 Å². The lowest BCUT2D eigenvalue weighted by Crippen LogP contribution is -2.49. The molecule has 0 spiro atoms. The van der Waals surface area contributed by atoms with Gasteiger partial charge < -0.3 is 15.5 Å². The van der Waals surface area contributed by atoms with Crippen LogP contribution in [0.2, 0.25) is 0 Å². The van der Waals surface area contributed by atoms with E-state index in [4.69, 9.17) is 0 Å². The molecule has 1 amide bonds. The molecule has 7 nitrogen and oxygen atoms in total. The first kappa shape index (κ1) is 16.0. The molecule has 0 heterocycles. The van der Waals surface area contributed by atoms with Crippen LogP contribution in [0.1, 0.15) is 25.7 Å². The lowest BCUT2D eigenvalue weighted by atomic mass is 9.93. The molecule has 0 aromatic carbocycles. The molecule has 0 saturated heterocycles. The molecule has 0 aromatic heterocycles. The van der Waals surface area contributed by atoms with Crippen molar-refractivity contribution in [2.24, 2.45) is 0 Å². The average molecular weight is 291 g/mol. The smallest absolute Gasteiger partial charge is 0.294 e. The van der Waals surface area contributed by atoms with Crippen molar-refractivity contribution < 1.29 is 14.7 Å². The van der Waals surface area contributed by atoms with Crippen molar-refractivity contribution in [1.82, 2.24) is 10.6 Å². The number of nitrogens with one attached hydrogen (secondary N) is 2. The minimum atomic E-state index is -0.737. The SMILES string of the molecule is CNC(CSC)C(=O)N[C@H]1CC[C@H](O[N+](=O)[O-])CC1. The second-order valence-corrected chi connectivity index (χ2v) is 5.52. The monoisotopic (exact) mass is 291 g/mol. The fraction of sp³-hybridized carbons (Fsp3) is 0.909. The Labute approximate surface area is 116 Å². The summed E-state index contributed by atoms with van der Waals surface area (Å²) < 4.78 is 0. The highest BCUT2D eigenvalue weighted by Gasteiger charge is 2.26. The van der Waals surface area contributed by atoms with Gasteiger partial charge in [0.25, 0.3) is 5.09 Å². The zero-order chi connectivity index (χ0) is 14.3. The van der Waals surface area contributed by atoms with Crippen molar-refractivity contribution in [2.75, 3.05) is 19.1 Å². The summed E-state index contributed by atoms with van der Waals surface area (Å²) >= 11 is 1.61. The van der Waals surface area contributed by atoms with Crippen LogP contribution in [0.4, 0.5) is 0 Å². The summed E-state index contributed by atoms with van der Waals surface area (Å²) in [5, 5.41) is 15.5. The van der Waals surface area contributed by atoms with E-state index in [9.17, 15) is 14.9 Å². The van der Waals surface area contributed by atoms with E-state index in [2.05, 4.69) is 15.5 Å². The summed E-state index contributed by atoms with van der Waals surface area (Å²) in [5.74, 6) is 0.720. The normalized spacial score (nSPS) is 24.5. The third-order valence-corrected chi connectivity index (χ3v) is 3.92. The maximum absolute atomic E-state index is 12.0. The van der Waals surface area contributed by atoms with Gasteiger partial charge >= 0.3 is 0 Å². The second-order valence-electron chi connectivity index (χ2n) is 4.61. The predicted molar refractivity (Wildman–Crippen MR) is 73.5 cm³/mol. The molecule has 1 atom stereocenters. The summed E-state index contributed by atoms with van der Waals surface area (Å²) in [5.41, 5.74) is 0. The predicted octanol–water partition coefficient (Wildman–Crippen LogP) is 0.573. The van der Waals surface area contributed by atoms with Crippen LogP contribution in [-0.4, -0.2) is 48.2 Å². The van der Waals surface area contributed by atoms with E-state index in [0.717, 1.165) is 18.6 Å². The second kappa shape index (κ2) is 8.21. The Bertz CT molecular complexity index is 308. The highest BCUT2D eigenvalue weighted by Crippen LogP contribution is 2.21. The number of amides is 1. The van der Waals surface area contributed by atoms with Crippen LogP contribution in [-0.2, 0) is 9.63 Å². The zero-order valence-corrected chi connectivity index (χ0v) is 12.1. The third kappa shape index (κ3) is 5.65. The molecule has 0 radical (unpaired) electrons. The van der Waals surface area contributed by atoms with Crippen LogP contribution in [0, 0.1) is 10.1 Å². The van der Waals surface area contributed by atoms with E-state index < -0.39 is 5.09 Å². The highest BCUT2D eigenvalue weighted by molar-refractivity contribution is 7.98. The molecule has 1 aliphatic rings. The molecule has 0 aromatic rings. The van der Waals surface area contributed by atoms with Crippen molar-refractivity contribution in [2.45, 2.75) is 43.9 Å². The number of hydrogen-bond acceptors (Lipinski definition) is 6. The van der Waals surface area contributed by atoms with Crippen LogP contribution in [0.5, 0.6) is 0 Å². The van der Waals surface area contributed by atoms with Crippen molar-refractivity contribution in [3.8, 4) is 0 Å². The maximum atomic E-state index is 12.0. The molecular formula is C11H21N3O4S. The van der Waals surface area contributed by atoms with Gasteiger partial charge in [-0.15, -0.1) is 10.1 Å². The Morgan fingerprint density at radius 1 is 1.47 bits per heavy atom. The van der Waals surface area contributed by atoms with Crippen molar-refractivity contribution in [3.05, 3.63) is 10.1 Å². The fourth-order valence-electron chi connectivity index (χ4n) is 2.19. The molecule has 0 bridgehead atoms. The van der Waals surface area contributed by atoms with Crippen molar-refractivity contribution >= 4 is 17.7 Å². The van der Waals surface area contributed by atoms with Gasteiger partial charge in [-0.2, -0.15) is 11.8 Å².